The summed E-state index contributed by atoms with van der Waals surface area (Å²) in [5.41, 5.74) is 1.11. The summed E-state index contributed by atoms with van der Waals surface area (Å²) in [7, 11) is 0. The first-order valence-electron chi connectivity index (χ1n) is 3.36. The van der Waals surface area contributed by atoms with E-state index in [4.69, 9.17) is 0 Å². The number of hydrogen-bond acceptors (Lipinski definition) is 2. The van der Waals surface area contributed by atoms with Gasteiger partial charge in [-0.3, -0.25) is 0 Å². The fraction of sp³-hybridized carbons (Fsp3) is 0.111. The minimum Gasteiger partial charge on any atom is -0.147 e. The van der Waals surface area contributed by atoms with Crippen LogP contribution in [0.2, 0.25) is 0 Å². The van der Waals surface area contributed by atoms with Crippen LogP contribution in [0, 0.1) is 0 Å². The summed E-state index contributed by atoms with van der Waals surface area (Å²) >= 11 is 8.53. The highest BCUT2D eigenvalue weighted by Gasteiger charge is 1.95. The van der Waals surface area contributed by atoms with Gasteiger partial charge in [0, 0.05) is 4.91 Å². The number of hydrogen-bond donors (Lipinski definition) is 2. The lowest BCUT2D eigenvalue weighted by atomic mass is 10.2. The van der Waals surface area contributed by atoms with E-state index in [0.29, 0.717) is 0 Å². The Morgan fingerprint density at radius 2 is 1.64 bits per heavy atom. The van der Waals surface area contributed by atoms with E-state index in [1.807, 2.05) is 37.3 Å². The summed E-state index contributed by atoms with van der Waals surface area (Å²) in [4.78, 5) is 1.88. The molecule has 0 spiro atoms. The van der Waals surface area contributed by atoms with Crippen LogP contribution in [0.1, 0.15) is 12.5 Å². The van der Waals surface area contributed by atoms with Gasteiger partial charge in [-0.2, -0.15) is 0 Å². The lowest BCUT2D eigenvalue weighted by Gasteiger charge is -2.00. The predicted octanol–water partition coefficient (Wildman–Crippen LogP) is 3.23. The van der Waals surface area contributed by atoms with Crippen molar-refractivity contribution in [1.29, 1.82) is 0 Å². The second-order valence-electron chi connectivity index (χ2n) is 2.30. The van der Waals surface area contributed by atoms with Gasteiger partial charge in [0.15, 0.2) is 0 Å². The maximum absolute atomic E-state index is 4.32. The zero-order chi connectivity index (χ0) is 8.27. The normalized spacial score (nSPS) is 12.6. The molecule has 0 amide bonds. The molecule has 0 aliphatic rings. The maximum atomic E-state index is 4.32. The predicted molar refractivity (Wildman–Crippen MR) is 57.0 cm³/mol. The van der Waals surface area contributed by atoms with Crippen molar-refractivity contribution in [3.63, 3.8) is 0 Å². The van der Waals surface area contributed by atoms with Gasteiger partial charge in [0.2, 0.25) is 0 Å². The lowest BCUT2D eigenvalue weighted by Crippen LogP contribution is -1.76. The highest BCUT2D eigenvalue weighted by molar-refractivity contribution is 7.93. The Morgan fingerprint density at radius 3 is 2.09 bits per heavy atom. The third-order valence-corrected chi connectivity index (χ3v) is 2.38. The molecule has 0 heterocycles. The molecule has 0 atom stereocenters. The SMILES string of the molecule is CC(S)=C(S)c1ccccc1. The molecule has 11 heavy (non-hydrogen) atoms. The zero-order valence-electron chi connectivity index (χ0n) is 6.28. The highest BCUT2D eigenvalue weighted by atomic mass is 32.1. The summed E-state index contributed by atoms with van der Waals surface area (Å²) in [6.07, 6.45) is 0. The average molecular weight is 182 g/mol. The third-order valence-electron chi connectivity index (χ3n) is 1.39. The zero-order valence-corrected chi connectivity index (χ0v) is 8.07. The third kappa shape index (κ3) is 2.31. The molecule has 1 rings (SSSR count). The van der Waals surface area contributed by atoms with E-state index in [9.17, 15) is 0 Å². The molecule has 0 aliphatic carbocycles. The second kappa shape index (κ2) is 3.88. The van der Waals surface area contributed by atoms with Gasteiger partial charge in [-0.05, 0) is 17.4 Å². The van der Waals surface area contributed by atoms with Crippen molar-refractivity contribution in [2.24, 2.45) is 0 Å². The van der Waals surface area contributed by atoms with Crippen molar-refractivity contribution >= 4 is 30.2 Å². The molecule has 1 aromatic rings. The Balaban J connectivity index is 3.04. The summed E-state index contributed by atoms with van der Waals surface area (Å²) < 4.78 is 0. The van der Waals surface area contributed by atoms with Crippen LogP contribution in [0.5, 0.6) is 0 Å². The van der Waals surface area contributed by atoms with Crippen LogP contribution in [-0.4, -0.2) is 0 Å². The molecular formula is C9H10S2. The smallest absolute Gasteiger partial charge is 0.0203 e. The quantitative estimate of drug-likeness (QED) is 0.612. The summed E-state index contributed by atoms with van der Waals surface area (Å²) in [5.74, 6) is 0. The van der Waals surface area contributed by atoms with Crippen LogP contribution in [0.15, 0.2) is 35.2 Å². The number of benzene rings is 1. The van der Waals surface area contributed by atoms with E-state index in [0.717, 1.165) is 15.4 Å². The second-order valence-corrected chi connectivity index (χ2v) is 3.42. The van der Waals surface area contributed by atoms with Gasteiger partial charge in [0.05, 0.1) is 0 Å². The van der Waals surface area contributed by atoms with E-state index in [2.05, 4.69) is 25.3 Å². The molecule has 0 unspecified atom stereocenters. The van der Waals surface area contributed by atoms with Gasteiger partial charge >= 0.3 is 0 Å². The average Bonchev–Trinajstić information content (AvgIpc) is 2.05. The van der Waals surface area contributed by atoms with Crippen molar-refractivity contribution in [2.75, 3.05) is 0 Å². The van der Waals surface area contributed by atoms with Crippen molar-refractivity contribution in [2.45, 2.75) is 6.92 Å². The van der Waals surface area contributed by atoms with Gasteiger partial charge in [-0.1, -0.05) is 30.3 Å². The van der Waals surface area contributed by atoms with E-state index in [1.165, 1.54) is 0 Å². The van der Waals surface area contributed by atoms with Crippen molar-refractivity contribution < 1.29 is 0 Å². The Hall–Kier alpha value is -0.340. The van der Waals surface area contributed by atoms with Crippen LogP contribution < -0.4 is 0 Å². The topological polar surface area (TPSA) is 0 Å². The summed E-state index contributed by atoms with van der Waals surface area (Å²) in [6, 6.07) is 9.99. The molecule has 0 saturated carbocycles. The molecule has 0 aliphatic heterocycles. The minimum atomic E-state index is 0.939. The molecule has 0 N–H and O–H groups in total. The Morgan fingerprint density at radius 1 is 1.09 bits per heavy atom. The molecule has 1 aromatic carbocycles. The summed E-state index contributed by atoms with van der Waals surface area (Å²) in [6.45, 7) is 1.93. The van der Waals surface area contributed by atoms with Gasteiger partial charge in [0.25, 0.3) is 0 Å². The highest BCUT2D eigenvalue weighted by Crippen LogP contribution is 2.23. The molecule has 0 aromatic heterocycles. The van der Waals surface area contributed by atoms with Gasteiger partial charge in [-0.15, -0.1) is 25.3 Å². The van der Waals surface area contributed by atoms with E-state index >= 15 is 0 Å². The fourth-order valence-corrected chi connectivity index (χ4v) is 1.08. The Kier molecular flexibility index (Phi) is 3.09. The molecule has 0 fully saturated rings. The van der Waals surface area contributed by atoms with Crippen molar-refractivity contribution in [3.8, 4) is 0 Å². The Bertz CT molecular complexity index is 258. The summed E-state index contributed by atoms with van der Waals surface area (Å²) in [5, 5.41) is 0. The fourth-order valence-electron chi connectivity index (χ4n) is 0.805. The molecule has 58 valence electrons. The maximum Gasteiger partial charge on any atom is 0.0203 e. The minimum absolute atomic E-state index is 0.939. The van der Waals surface area contributed by atoms with Crippen LogP contribution in [-0.2, 0) is 0 Å². The largest absolute Gasteiger partial charge is 0.147 e. The number of allylic oxidation sites excluding steroid dienone is 1. The van der Waals surface area contributed by atoms with Crippen LogP contribution in [0.25, 0.3) is 4.91 Å². The van der Waals surface area contributed by atoms with Crippen LogP contribution >= 0.6 is 25.3 Å². The van der Waals surface area contributed by atoms with Gasteiger partial charge < -0.3 is 0 Å². The molecule has 0 nitrogen and oxygen atoms in total. The van der Waals surface area contributed by atoms with Crippen molar-refractivity contribution in [1.82, 2.24) is 0 Å². The van der Waals surface area contributed by atoms with Gasteiger partial charge in [-0.25, -0.2) is 0 Å². The van der Waals surface area contributed by atoms with E-state index < -0.39 is 0 Å². The van der Waals surface area contributed by atoms with Gasteiger partial charge in [0.1, 0.15) is 0 Å². The molecule has 2 heteroatoms. The monoisotopic (exact) mass is 182 g/mol. The Labute approximate surface area is 78.1 Å². The van der Waals surface area contributed by atoms with Crippen molar-refractivity contribution in [3.05, 3.63) is 40.8 Å². The first-order valence-corrected chi connectivity index (χ1v) is 4.25. The number of thiol groups is 2. The number of rotatable bonds is 1. The lowest BCUT2D eigenvalue weighted by molar-refractivity contribution is 1.62. The molecule has 0 radical (unpaired) electrons. The molecular weight excluding hydrogens is 172 g/mol. The first-order chi connectivity index (χ1) is 5.22. The van der Waals surface area contributed by atoms with E-state index in [-0.39, 0.29) is 0 Å². The standard InChI is InChI=1S/C9H10S2/c1-7(10)9(11)8-5-3-2-4-6-8/h2-6,10-11H,1H3. The first kappa shape index (κ1) is 8.75. The van der Waals surface area contributed by atoms with Crippen LogP contribution in [0.3, 0.4) is 0 Å². The molecule has 0 saturated heterocycles. The van der Waals surface area contributed by atoms with E-state index in [1.54, 1.807) is 0 Å². The van der Waals surface area contributed by atoms with Crippen LogP contribution in [0.4, 0.5) is 0 Å². The molecule has 0 bridgehead atoms.